The van der Waals surface area contributed by atoms with Crippen molar-refractivity contribution in [2.45, 2.75) is 60.4 Å². The number of rotatable bonds is 9. The molecule has 0 aliphatic rings. The number of hydrogen-bond acceptors (Lipinski definition) is 1. The lowest BCUT2D eigenvalue weighted by Gasteiger charge is -2.26. The molecule has 1 nitrogen and oxygen atoms in total. The molecule has 0 amide bonds. The van der Waals surface area contributed by atoms with Crippen LogP contribution in [0, 0.1) is 11.8 Å². The third-order valence-electron chi connectivity index (χ3n) is 3.46. The van der Waals surface area contributed by atoms with E-state index in [9.17, 15) is 0 Å². The second-order valence-electron chi connectivity index (χ2n) is 6.91. The van der Waals surface area contributed by atoms with E-state index in [0.717, 1.165) is 18.4 Å². The molecule has 0 saturated carbocycles. The van der Waals surface area contributed by atoms with Crippen molar-refractivity contribution >= 4 is 0 Å². The summed E-state index contributed by atoms with van der Waals surface area (Å²) < 4.78 is 0. The minimum atomic E-state index is 0.733. The summed E-state index contributed by atoms with van der Waals surface area (Å²) in [5.41, 5.74) is 2.97. The Morgan fingerprint density at radius 3 is 2.10 bits per heavy atom. The van der Waals surface area contributed by atoms with E-state index < -0.39 is 0 Å². The van der Waals surface area contributed by atoms with E-state index in [0.29, 0.717) is 0 Å². The maximum absolute atomic E-state index is 2.61. The van der Waals surface area contributed by atoms with Crippen molar-refractivity contribution in [3.05, 3.63) is 35.4 Å². The SMILES string of the molecule is CCCCc1cccc(CN(CC(C)C)CC(C)C)c1. The van der Waals surface area contributed by atoms with Gasteiger partial charge in [-0.1, -0.05) is 65.3 Å². The first kappa shape index (κ1) is 17.2. The average Bonchev–Trinajstić information content (AvgIpc) is 2.35. The molecule has 20 heavy (non-hydrogen) atoms. The van der Waals surface area contributed by atoms with Gasteiger partial charge in [-0.25, -0.2) is 0 Å². The molecule has 0 spiro atoms. The summed E-state index contributed by atoms with van der Waals surface area (Å²) in [6, 6.07) is 9.18. The van der Waals surface area contributed by atoms with Crippen LogP contribution in [0.1, 0.15) is 58.6 Å². The van der Waals surface area contributed by atoms with Crippen molar-refractivity contribution in [3.63, 3.8) is 0 Å². The number of hydrogen-bond donors (Lipinski definition) is 0. The summed E-state index contributed by atoms with van der Waals surface area (Å²) in [7, 11) is 0. The molecular weight excluding hydrogens is 242 g/mol. The summed E-state index contributed by atoms with van der Waals surface area (Å²) in [5, 5.41) is 0. The third-order valence-corrected chi connectivity index (χ3v) is 3.46. The molecule has 0 atom stereocenters. The summed E-state index contributed by atoms with van der Waals surface area (Å²) >= 11 is 0. The molecule has 114 valence electrons. The monoisotopic (exact) mass is 275 g/mol. The van der Waals surface area contributed by atoms with Gasteiger partial charge in [0.05, 0.1) is 0 Å². The summed E-state index contributed by atoms with van der Waals surface area (Å²) in [4.78, 5) is 2.61. The van der Waals surface area contributed by atoms with Crippen LogP contribution in [-0.2, 0) is 13.0 Å². The number of benzene rings is 1. The highest BCUT2D eigenvalue weighted by atomic mass is 15.1. The van der Waals surface area contributed by atoms with Crippen molar-refractivity contribution in [2.75, 3.05) is 13.1 Å². The van der Waals surface area contributed by atoms with Crippen LogP contribution in [-0.4, -0.2) is 18.0 Å². The molecule has 0 heterocycles. The predicted octanol–water partition coefficient (Wildman–Crippen LogP) is 5.14. The fourth-order valence-corrected chi connectivity index (χ4v) is 2.76. The molecule has 1 aromatic carbocycles. The van der Waals surface area contributed by atoms with Gasteiger partial charge in [-0.3, -0.25) is 4.90 Å². The summed E-state index contributed by atoms with van der Waals surface area (Å²) in [5.74, 6) is 1.47. The standard InChI is InChI=1S/C19H33N/c1-6-7-9-18-10-8-11-19(12-18)15-20(13-16(2)3)14-17(4)5/h8,10-12,16-17H,6-7,9,13-15H2,1-5H3. The summed E-state index contributed by atoms with van der Waals surface area (Å²) in [6.07, 6.45) is 3.79. The maximum Gasteiger partial charge on any atom is 0.0234 e. The number of unbranched alkanes of at least 4 members (excludes halogenated alkanes) is 1. The zero-order valence-corrected chi connectivity index (χ0v) is 14.2. The Labute approximate surface area is 126 Å². The molecule has 0 aliphatic heterocycles. The Bertz CT molecular complexity index is 358. The van der Waals surface area contributed by atoms with Crippen molar-refractivity contribution in [1.29, 1.82) is 0 Å². The second kappa shape index (κ2) is 9.18. The topological polar surface area (TPSA) is 3.24 Å². The quantitative estimate of drug-likeness (QED) is 0.603. The smallest absolute Gasteiger partial charge is 0.0234 e. The molecule has 0 fully saturated rings. The first-order valence-electron chi connectivity index (χ1n) is 8.31. The van der Waals surface area contributed by atoms with Crippen LogP contribution in [0.5, 0.6) is 0 Å². The lowest BCUT2D eigenvalue weighted by Crippen LogP contribution is -2.30. The average molecular weight is 275 g/mol. The molecule has 1 heteroatoms. The predicted molar refractivity (Wildman–Crippen MR) is 90.0 cm³/mol. The molecule has 0 aliphatic carbocycles. The highest BCUT2D eigenvalue weighted by Crippen LogP contribution is 2.13. The molecule has 0 bridgehead atoms. The van der Waals surface area contributed by atoms with Gasteiger partial charge in [0.2, 0.25) is 0 Å². The second-order valence-corrected chi connectivity index (χ2v) is 6.91. The van der Waals surface area contributed by atoms with Crippen LogP contribution in [0.3, 0.4) is 0 Å². The van der Waals surface area contributed by atoms with Crippen molar-refractivity contribution < 1.29 is 0 Å². The fourth-order valence-electron chi connectivity index (χ4n) is 2.76. The van der Waals surface area contributed by atoms with Crippen LogP contribution in [0.2, 0.25) is 0 Å². The van der Waals surface area contributed by atoms with Crippen LogP contribution in [0.15, 0.2) is 24.3 Å². The maximum atomic E-state index is 2.61. The molecular formula is C19H33N. The Morgan fingerprint density at radius 1 is 0.950 bits per heavy atom. The van der Waals surface area contributed by atoms with Crippen molar-refractivity contribution in [2.24, 2.45) is 11.8 Å². The Morgan fingerprint density at radius 2 is 1.55 bits per heavy atom. The molecule has 0 aromatic heterocycles. The van der Waals surface area contributed by atoms with Gasteiger partial charge in [0.15, 0.2) is 0 Å². The third kappa shape index (κ3) is 7.09. The lowest BCUT2D eigenvalue weighted by molar-refractivity contribution is 0.211. The van der Waals surface area contributed by atoms with Crippen LogP contribution < -0.4 is 0 Å². The zero-order chi connectivity index (χ0) is 15.0. The normalized spacial score (nSPS) is 11.8. The molecule has 0 radical (unpaired) electrons. The van der Waals surface area contributed by atoms with Gasteiger partial charge in [-0.15, -0.1) is 0 Å². The van der Waals surface area contributed by atoms with Crippen LogP contribution in [0.4, 0.5) is 0 Å². The van der Waals surface area contributed by atoms with Gasteiger partial charge >= 0.3 is 0 Å². The molecule has 0 saturated heterocycles. The highest BCUT2D eigenvalue weighted by molar-refractivity contribution is 5.23. The van der Waals surface area contributed by atoms with Gasteiger partial charge in [-0.2, -0.15) is 0 Å². The lowest BCUT2D eigenvalue weighted by atomic mass is 10.0. The van der Waals surface area contributed by atoms with Crippen molar-refractivity contribution in [1.82, 2.24) is 4.90 Å². The van der Waals surface area contributed by atoms with E-state index >= 15 is 0 Å². The largest absolute Gasteiger partial charge is 0.299 e. The first-order valence-corrected chi connectivity index (χ1v) is 8.31. The van der Waals surface area contributed by atoms with Gasteiger partial charge in [-0.05, 0) is 35.8 Å². The Balaban J connectivity index is 2.66. The minimum Gasteiger partial charge on any atom is -0.299 e. The molecule has 0 N–H and O–H groups in total. The molecule has 1 rings (SSSR count). The van der Waals surface area contributed by atoms with Gasteiger partial charge in [0, 0.05) is 19.6 Å². The number of nitrogens with zero attached hydrogens (tertiary/aromatic N) is 1. The summed E-state index contributed by atoms with van der Waals surface area (Å²) in [6.45, 7) is 15.0. The van der Waals surface area contributed by atoms with E-state index in [1.807, 2.05) is 0 Å². The Hall–Kier alpha value is -0.820. The Kier molecular flexibility index (Phi) is 7.91. The van der Waals surface area contributed by atoms with E-state index in [4.69, 9.17) is 0 Å². The van der Waals surface area contributed by atoms with E-state index in [1.54, 1.807) is 0 Å². The first-order chi connectivity index (χ1) is 9.51. The van der Waals surface area contributed by atoms with E-state index in [2.05, 4.69) is 63.8 Å². The van der Waals surface area contributed by atoms with E-state index in [1.165, 1.54) is 43.5 Å². The zero-order valence-electron chi connectivity index (χ0n) is 14.2. The number of aryl methyl sites for hydroxylation is 1. The van der Waals surface area contributed by atoms with Gasteiger partial charge in [0.1, 0.15) is 0 Å². The van der Waals surface area contributed by atoms with Gasteiger partial charge < -0.3 is 0 Å². The van der Waals surface area contributed by atoms with Gasteiger partial charge in [0.25, 0.3) is 0 Å². The molecule has 1 aromatic rings. The highest BCUT2D eigenvalue weighted by Gasteiger charge is 2.10. The molecule has 0 unspecified atom stereocenters. The fraction of sp³-hybridized carbons (Fsp3) is 0.684. The van der Waals surface area contributed by atoms with Crippen molar-refractivity contribution in [3.8, 4) is 0 Å². The minimum absolute atomic E-state index is 0.733. The van der Waals surface area contributed by atoms with Crippen LogP contribution in [0.25, 0.3) is 0 Å². The van der Waals surface area contributed by atoms with E-state index in [-0.39, 0.29) is 0 Å². The van der Waals surface area contributed by atoms with Crippen LogP contribution >= 0.6 is 0 Å².